The predicted octanol–water partition coefficient (Wildman–Crippen LogP) is 1.90. The molecule has 74 valence electrons. The molecule has 0 bridgehead atoms. The Bertz CT molecular complexity index is 95.8. The third-order valence-electron chi connectivity index (χ3n) is 2.29. The minimum Gasteiger partial charge on any atom is -0.384 e. The maximum Gasteiger partial charge on any atom is 0.0490 e. The van der Waals surface area contributed by atoms with Gasteiger partial charge in [-0.2, -0.15) is 0 Å². The molecule has 0 aromatic rings. The Kier molecular flexibility index (Phi) is 7.51. The van der Waals surface area contributed by atoms with E-state index in [2.05, 4.69) is 26.1 Å². The van der Waals surface area contributed by atoms with Crippen molar-refractivity contribution in [3.05, 3.63) is 0 Å². The van der Waals surface area contributed by atoms with E-state index >= 15 is 0 Å². The number of ether oxygens (including phenoxy) is 1. The van der Waals surface area contributed by atoms with E-state index in [1.54, 1.807) is 7.11 Å². The summed E-state index contributed by atoms with van der Waals surface area (Å²) in [6.07, 6.45) is 1.21. The topological polar surface area (TPSA) is 21.3 Å². The maximum atomic E-state index is 5.10. The van der Waals surface area contributed by atoms with Gasteiger partial charge < -0.3 is 10.1 Å². The molecule has 0 amide bonds. The summed E-state index contributed by atoms with van der Waals surface area (Å²) >= 11 is 0. The summed E-state index contributed by atoms with van der Waals surface area (Å²) in [4.78, 5) is 0. The molecule has 2 atom stereocenters. The van der Waals surface area contributed by atoms with Gasteiger partial charge in [0.2, 0.25) is 0 Å². The van der Waals surface area contributed by atoms with Crippen LogP contribution in [0.1, 0.15) is 27.2 Å². The Balaban J connectivity index is 3.35. The number of nitrogens with one attached hydrogen (secondary N) is 1. The van der Waals surface area contributed by atoms with E-state index in [9.17, 15) is 0 Å². The van der Waals surface area contributed by atoms with E-state index in [1.165, 1.54) is 6.42 Å². The largest absolute Gasteiger partial charge is 0.384 e. The Labute approximate surface area is 76.7 Å². The summed E-state index contributed by atoms with van der Waals surface area (Å²) in [6.45, 7) is 9.81. The van der Waals surface area contributed by atoms with Crippen LogP contribution in [-0.4, -0.2) is 26.8 Å². The molecular formula is C10H23NO. The maximum absolute atomic E-state index is 5.10. The van der Waals surface area contributed by atoms with E-state index in [4.69, 9.17) is 4.74 Å². The van der Waals surface area contributed by atoms with Gasteiger partial charge in [-0.15, -0.1) is 0 Å². The lowest BCUT2D eigenvalue weighted by Gasteiger charge is -2.19. The average molecular weight is 173 g/mol. The fraction of sp³-hybridized carbons (Fsp3) is 1.00. The summed E-state index contributed by atoms with van der Waals surface area (Å²) in [6, 6.07) is 0. The van der Waals surface area contributed by atoms with Gasteiger partial charge in [-0.05, 0) is 31.3 Å². The lowest BCUT2D eigenvalue weighted by atomic mass is 9.97. The number of methoxy groups -OCH3 is 1. The van der Waals surface area contributed by atoms with Crippen molar-refractivity contribution in [2.75, 3.05) is 26.8 Å². The van der Waals surface area contributed by atoms with E-state index in [0.29, 0.717) is 11.8 Å². The minimum atomic E-state index is 0.652. The monoisotopic (exact) mass is 173 g/mol. The predicted molar refractivity (Wildman–Crippen MR) is 53.4 cm³/mol. The number of hydrogen-bond acceptors (Lipinski definition) is 2. The molecule has 0 aromatic heterocycles. The standard InChI is InChI=1S/C10H23NO/c1-5-6-11-7-9(2)10(3)8-12-4/h9-11H,5-8H2,1-4H3. The molecule has 0 spiro atoms. The van der Waals surface area contributed by atoms with Crippen LogP contribution in [-0.2, 0) is 4.74 Å². The molecule has 0 aliphatic rings. The van der Waals surface area contributed by atoms with Gasteiger partial charge in [0.1, 0.15) is 0 Å². The van der Waals surface area contributed by atoms with E-state index in [0.717, 1.165) is 19.7 Å². The van der Waals surface area contributed by atoms with Crippen molar-refractivity contribution < 1.29 is 4.74 Å². The molecule has 12 heavy (non-hydrogen) atoms. The Morgan fingerprint density at radius 1 is 1.25 bits per heavy atom. The molecule has 0 fully saturated rings. The van der Waals surface area contributed by atoms with Crippen LogP contribution in [0.15, 0.2) is 0 Å². The highest BCUT2D eigenvalue weighted by molar-refractivity contribution is 4.63. The fourth-order valence-corrected chi connectivity index (χ4v) is 1.13. The van der Waals surface area contributed by atoms with Crippen molar-refractivity contribution in [3.8, 4) is 0 Å². The van der Waals surface area contributed by atoms with Gasteiger partial charge in [0.15, 0.2) is 0 Å². The first-order valence-corrected chi connectivity index (χ1v) is 4.92. The van der Waals surface area contributed by atoms with Crippen molar-refractivity contribution in [1.82, 2.24) is 5.32 Å². The third-order valence-corrected chi connectivity index (χ3v) is 2.29. The first-order valence-electron chi connectivity index (χ1n) is 4.92. The molecule has 0 aliphatic heterocycles. The molecule has 2 unspecified atom stereocenters. The second kappa shape index (κ2) is 7.56. The van der Waals surface area contributed by atoms with Crippen LogP contribution in [0.4, 0.5) is 0 Å². The highest BCUT2D eigenvalue weighted by Gasteiger charge is 2.10. The van der Waals surface area contributed by atoms with Gasteiger partial charge in [-0.25, -0.2) is 0 Å². The molecule has 1 N–H and O–H groups in total. The number of rotatable bonds is 7. The molecule has 2 nitrogen and oxygen atoms in total. The Morgan fingerprint density at radius 3 is 2.42 bits per heavy atom. The minimum absolute atomic E-state index is 0.652. The van der Waals surface area contributed by atoms with Crippen LogP contribution < -0.4 is 5.32 Å². The summed E-state index contributed by atoms with van der Waals surface area (Å²) in [5.74, 6) is 1.36. The summed E-state index contributed by atoms with van der Waals surface area (Å²) < 4.78 is 5.10. The van der Waals surface area contributed by atoms with Crippen molar-refractivity contribution in [2.24, 2.45) is 11.8 Å². The summed E-state index contributed by atoms with van der Waals surface area (Å²) in [7, 11) is 1.77. The zero-order valence-electron chi connectivity index (χ0n) is 8.89. The SMILES string of the molecule is CCCNCC(C)C(C)COC. The van der Waals surface area contributed by atoms with Crippen LogP contribution >= 0.6 is 0 Å². The second-order valence-electron chi connectivity index (χ2n) is 3.61. The van der Waals surface area contributed by atoms with Gasteiger partial charge in [0, 0.05) is 13.7 Å². The molecule has 2 heteroatoms. The fourth-order valence-electron chi connectivity index (χ4n) is 1.13. The van der Waals surface area contributed by atoms with E-state index in [-0.39, 0.29) is 0 Å². The van der Waals surface area contributed by atoms with Crippen molar-refractivity contribution in [1.29, 1.82) is 0 Å². The first kappa shape index (κ1) is 11.9. The average Bonchev–Trinajstić information content (AvgIpc) is 2.05. The molecule has 0 heterocycles. The Hall–Kier alpha value is -0.0800. The zero-order chi connectivity index (χ0) is 9.40. The van der Waals surface area contributed by atoms with Crippen molar-refractivity contribution in [2.45, 2.75) is 27.2 Å². The lowest BCUT2D eigenvalue weighted by Crippen LogP contribution is -2.27. The molecule has 0 saturated carbocycles. The quantitative estimate of drug-likeness (QED) is 0.594. The normalized spacial score (nSPS) is 16.0. The lowest BCUT2D eigenvalue weighted by molar-refractivity contribution is 0.133. The van der Waals surface area contributed by atoms with Crippen molar-refractivity contribution in [3.63, 3.8) is 0 Å². The molecule has 0 rings (SSSR count). The zero-order valence-corrected chi connectivity index (χ0v) is 8.89. The van der Waals surface area contributed by atoms with Gasteiger partial charge in [-0.3, -0.25) is 0 Å². The van der Waals surface area contributed by atoms with Crippen molar-refractivity contribution >= 4 is 0 Å². The molecule has 0 aliphatic carbocycles. The third kappa shape index (κ3) is 5.56. The Morgan fingerprint density at radius 2 is 1.92 bits per heavy atom. The highest BCUT2D eigenvalue weighted by atomic mass is 16.5. The van der Waals surface area contributed by atoms with Crippen LogP contribution in [0.3, 0.4) is 0 Å². The van der Waals surface area contributed by atoms with Gasteiger partial charge in [-0.1, -0.05) is 20.8 Å². The number of hydrogen-bond donors (Lipinski definition) is 1. The first-order chi connectivity index (χ1) is 5.72. The van der Waals surface area contributed by atoms with Gasteiger partial charge >= 0.3 is 0 Å². The smallest absolute Gasteiger partial charge is 0.0490 e. The molecule has 0 aromatic carbocycles. The summed E-state index contributed by atoms with van der Waals surface area (Å²) in [5, 5.41) is 3.42. The van der Waals surface area contributed by atoms with Crippen LogP contribution in [0.25, 0.3) is 0 Å². The second-order valence-corrected chi connectivity index (χ2v) is 3.61. The molecule has 0 radical (unpaired) electrons. The highest BCUT2D eigenvalue weighted by Crippen LogP contribution is 2.09. The summed E-state index contributed by atoms with van der Waals surface area (Å²) in [5.41, 5.74) is 0. The molecular weight excluding hydrogens is 150 g/mol. The van der Waals surface area contributed by atoms with Gasteiger partial charge in [0.05, 0.1) is 0 Å². The van der Waals surface area contributed by atoms with E-state index < -0.39 is 0 Å². The van der Waals surface area contributed by atoms with E-state index in [1.807, 2.05) is 0 Å². The van der Waals surface area contributed by atoms with Gasteiger partial charge in [0.25, 0.3) is 0 Å². The van der Waals surface area contributed by atoms with Crippen LogP contribution in [0.2, 0.25) is 0 Å². The molecule has 0 saturated heterocycles. The van der Waals surface area contributed by atoms with Crippen LogP contribution in [0.5, 0.6) is 0 Å². The van der Waals surface area contributed by atoms with Crippen LogP contribution in [0, 0.1) is 11.8 Å².